The van der Waals surface area contributed by atoms with Crippen LogP contribution in [0.5, 0.6) is 5.75 Å². The average Bonchev–Trinajstić information content (AvgIpc) is 2.98. The van der Waals surface area contributed by atoms with Gasteiger partial charge in [0, 0.05) is 18.6 Å². The average molecular weight is 335 g/mol. The lowest BCUT2D eigenvalue weighted by atomic mass is 9.93. The molecule has 25 heavy (non-hydrogen) atoms. The largest absolute Gasteiger partial charge is 0.493 e. The first-order chi connectivity index (χ1) is 12.1. The van der Waals surface area contributed by atoms with Crippen LogP contribution in [-0.4, -0.2) is 30.1 Å². The highest BCUT2D eigenvalue weighted by Gasteiger charge is 2.41. The van der Waals surface area contributed by atoms with Crippen LogP contribution in [0.4, 0.5) is 0 Å². The standard InChI is InChI=1S/C23H29NO/c1-17-19(21-12-5-9-18-8-4-11-20(18)21)10-6-13-22(17)25-15-7-14-24-16-23(24,2)3/h5-6,9-10,12-13H,4,7-8,11,14-16H2,1-3H3. The highest BCUT2D eigenvalue weighted by atomic mass is 16.5. The van der Waals surface area contributed by atoms with Crippen molar-refractivity contribution in [3.8, 4) is 16.9 Å². The molecule has 0 amide bonds. The Hall–Kier alpha value is -1.80. The fourth-order valence-electron chi connectivity index (χ4n) is 4.19. The van der Waals surface area contributed by atoms with E-state index in [4.69, 9.17) is 4.74 Å². The van der Waals surface area contributed by atoms with E-state index in [9.17, 15) is 0 Å². The number of hydrogen-bond donors (Lipinski definition) is 0. The number of fused-ring (bicyclic) bond motifs is 1. The maximum Gasteiger partial charge on any atom is 0.122 e. The summed E-state index contributed by atoms with van der Waals surface area (Å²) in [6, 6.07) is 13.3. The van der Waals surface area contributed by atoms with Gasteiger partial charge in [-0.1, -0.05) is 30.3 Å². The minimum Gasteiger partial charge on any atom is -0.493 e. The van der Waals surface area contributed by atoms with E-state index in [2.05, 4.69) is 62.1 Å². The number of hydrogen-bond acceptors (Lipinski definition) is 2. The zero-order valence-corrected chi connectivity index (χ0v) is 15.8. The molecule has 132 valence electrons. The minimum absolute atomic E-state index is 0.420. The number of ether oxygens (including phenoxy) is 1. The highest BCUT2D eigenvalue weighted by molar-refractivity contribution is 5.74. The summed E-state index contributed by atoms with van der Waals surface area (Å²) in [5.74, 6) is 1.04. The molecule has 2 aromatic rings. The molecule has 1 aliphatic carbocycles. The summed E-state index contributed by atoms with van der Waals surface area (Å²) < 4.78 is 6.14. The van der Waals surface area contributed by atoms with Gasteiger partial charge in [-0.05, 0) is 80.3 Å². The van der Waals surface area contributed by atoms with Crippen molar-refractivity contribution in [1.29, 1.82) is 0 Å². The van der Waals surface area contributed by atoms with Gasteiger partial charge in [0.25, 0.3) is 0 Å². The van der Waals surface area contributed by atoms with E-state index >= 15 is 0 Å². The molecule has 2 nitrogen and oxygen atoms in total. The molecule has 0 saturated carbocycles. The Morgan fingerprint density at radius 1 is 1.04 bits per heavy atom. The number of rotatable bonds is 6. The highest BCUT2D eigenvalue weighted by Crippen LogP contribution is 2.36. The van der Waals surface area contributed by atoms with Gasteiger partial charge in [0.1, 0.15) is 5.75 Å². The Morgan fingerprint density at radius 3 is 2.60 bits per heavy atom. The molecule has 1 unspecified atom stereocenters. The van der Waals surface area contributed by atoms with E-state index in [1.54, 1.807) is 5.56 Å². The Labute approximate surface area is 151 Å². The van der Waals surface area contributed by atoms with Crippen molar-refractivity contribution >= 4 is 0 Å². The Kier molecular flexibility index (Phi) is 4.33. The summed E-state index contributed by atoms with van der Waals surface area (Å²) in [4.78, 5) is 2.51. The SMILES string of the molecule is Cc1c(OCCCN2CC2(C)C)cccc1-c1cccc2c1CCC2. The second-order valence-electron chi connectivity index (χ2n) is 8.16. The lowest BCUT2D eigenvalue weighted by Crippen LogP contribution is -2.13. The first kappa shape index (κ1) is 16.7. The summed E-state index contributed by atoms with van der Waals surface area (Å²) in [6.45, 7) is 9.97. The Balaban J connectivity index is 1.46. The molecule has 1 aliphatic heterocycles. The van der Waals surface area contributed by atoms with Crippen LogP contribution in [0.15, 0.2) is 36.4 Å². The molecule has 2 aromatic carbocycles. The van der Waals surface area contributed by atoms with Crippen LogP contribution in [0.1, 0.15) is 43.4 Å². The maximum absolute atomic E-state index is 6.14. The lowest BCUT2D eigenvalue weighted by Gasteiger charge is -2.16. The summed E-state index contributed by atoms with van der Waals surface area (Å²) in [7, 11) is 0. The zero-order valence-electron chi connectivity index (χ0n) is 15.8. The molecule has 0 bridgehead atoms. The van der Waals surface area contributed by atoms with Crippen LogP contribution in [0.2, 0.25) is 0 Å². The third-order valence-corrected chi connectivity index (χ3v) is 5.88. The van der Waals surface area contributed by atoms with Gasteiger partial charge in [0.2, 0.25) is 0 Å². The molecule has 1 saturated heterocycles. The van der Waals surface area contributed by atoms with Gasteiger partial charge < -0.3 is 4.74 Å². The van der Waals surface area contributed by atoms with Gasteiger partial charge in [0.15, 0.2) is 0 Å². The zero-order chi connectivity index (χ0) is 17.4. The smallest absolute Gasteiger partial charge is 0.122 e. The summed E-state index contributed by atoms with van der Waals surface area (Å²) in [5.41, 5.74) is 7.52. The van der Waals surface area contributed by atoms with Crippen molar-refractivity contribution in [3.05, 3.63) is 53.1 Å². The molecule has 0 aromatic heterocycles. The first-order valence-corrected chi connectivity index (χ1v) is 9.65. The van der Waals surface area contributed by atoms with Crippen LogP contribution in [0.3, 0.4) is 0 Å². The van der Waals surface area contributed by atoms with Gasteiger partial charge in [-0.3, -0.25) is 4.90 Å². The summed E-state index contributed by atoms with van der Waals surface area (Å²) in [6.07, 6.45) is 4.81. The summed E-state index contributed by atoms with van der Waals surface area (Å²) in [5, 5.41) is 0. The topological polar surface area (TPSA) is 12.2 Å². The first-order valence-electron chi connectivity index (χ1n) is 9.65. The minimum atomic E-state index is 0.420. The van der Waals surface area contributed by atoms with Crippen LogP contribution >= 0.6 is 0 Å². The van der Waals surface area contributed by atoms with Crippen molar-refractivity contribution in [3.63, 3.8) is 0 Å². The number of aryl methyl sites for hydroxylation is 1. The van der Waals surface area contributed by atoms with Crippen molar-refractivity contribution < 1.29 is 4.74 Å². The predicted molar refractivity (Wildman–Crippen MR) is 104 cm³/mol. The van der Waals surface area contributed by atoms with Crippen LogP contribution in [0, 0.1) is 6.92 Å². The molecule has 4 rings (SSSR count). The normalized spacial score (nSPS) is 20.4. The van der Waals surface area contributed by atoms with E-state index in [1.165, 1.54) is 48.1 Å². The second-order valence-corrected chi connectivity index (χ2v) is 8.16. The molecule has 2 heteroatoms. The Bertz CT molecular complexity index is 778. The lowest BCUT2D eigenvalue weighted by molar-refractivity contribution is 0.289. The van der Waals surface area contributed by atoms with Crippen LogP contribution in [-0.2, 0) is 12.8 Å². The molecule has 1 atom stereocenters. The molecule has 0 spiro atoms. The van der Waals surface area contributed by atoms with E-state index < -0.39 is 0 Å². The predicted octanol–water partition coefficient (Wildman–Crippen LogP) is 5.01. The van der Waals surface area contributed by atoms with Gasteiger partial charge in [0.05, 0.1) is 6.61 Å². The monoisotopic (exact) mass is 335 g/mol. The molecular weight excluding hydrogens is 306 g/mol. The van der Waals surface area contributed by atoms with E-state index in [0.717, 1.165) is 25.3 Å². The van der Waals surface area contributed by atoms with Gasteiger partial charge >= 0.3 is 0 Å². The maximum atomic E-state index is 6.14. The van der Waals surface area contributed by atoms with Gasteiger partial charge in [-0.25, -0.2) is 0 Å². The van der Waals surface area contributed by atoms with Crippen molar-refractivity contribution in [1.82, 2.24) is 4.90 Å². The van der Waals surface area contributed by atoms with Crippen LogP contribution in [0.25, 0.3) is 11.1 Å². The molecule has 2 aliphatic rings. The fourth-order valence-corrected chi connectivity index (χ4v) is 4.19. The van der Waals surface area contributed by atoms with Crippen LogP contribution < -0.4 is 4.74 Å². The molecule has 0 radical (unpaired) electrons. The number of nitrogens with zero attached hydrogens (tertiary/aromatic N) is 1. The van der Waals surface area contributed by atoms with Crippen molar-refractivity contribution in [2.24, 2.45) is 0 Å². The van der Waals surface area contributed by atoms with Gasteiger partial charge in [-0.15, -0.1) is 0 Å². The molecule has 1 heterocycles. The van der Waals surface area contributed by atoms with Gasteiger partial charge in [-0.2, -0.15) is 0 Å². The van der Waals surface area contributed by atoms with E-state index in [0.29, 0.717) is 5.54 Å². The van der Waals surface area contributed by atoms with Crippen molar-refractivity contribution in [2.45, 2.75) is 52.0 Å². The molecule has 0 N–H and O–H groups in total. The fraction of sp³-hybridized carbons (Fsp3) is 0.478. The summed E-state index contributed by atoms with van der Waals surface area (Å²) >= 11 is 0. The Morgan fingerprint density at radius 2 is 1.80 bits per heavy atom. The van der Waals surface area contributed by atoms with E-state index in [1.807, 2.05) is 0 Å². The van der Waals surface area contributed by atoms with Crippen molar-refractivity contribution in [2.75, 3.05) is 19.7 Å². The third kappa shape index (κ3) is 3.32. The quantitative estimate of drug-likeness (QED) is 0.543. The van der Waals surface area contributed by atoms with E-state index in [-0.39, 0.29) is 0 Å². The molecule has 1 fully saturated rings. The second kappa shape index (κ2) is 6.49. The third-order valence-electron chi connectivity index (χ3n) is 5.88. The number of benzene rings is 2. The molecular formula is C23H29NO.